The van der Waals surface area contributed by atoms with E-state index in [1.165, 1.54) is 0 Å². The van der Waals surface area contributed by atoms with Crippen molar-refractivity contribution in [2.45, 2.75) is 51.4 Å². The van der Waals surface area contributed by atoms with E-state index >= 15 is 0 Å². The Balaban J connectivity index is 1.68. The number of pyridine rings is 1. The molecule has 5 rings (SSSR count). The van der Waals surface area contributed by atoms with Gasteiger partial charge in [-0.05, 0) is 55.4 Å². The first-order valence-corrected chi connectivity index (χ1v) is 10.0. The lowest BCUT2D eigenvalue weighted by Crippen LogP contribution is -2.36. The highest BCUT2D eigenvalue weighted by atomic mass is 16.5. The highest BCUT2D eigenvalue weighted by Gasteiger charge is 2.32. The summed E-state index contributed by atoms with van der Waals surface area (Å²) in [5.74, 6) is 0.546. The van der Waals surface area contributed by atoms with Crippen LogP contribution in [0.3, 0.4) is 0 Å². The molecule has 0 atom stereocenters. The molecule has 144 valence electrons. The Labute approximate surface area is 163 Å². The fraction of sp³-hybridized carbons (Fsp3) is 0.409. The summed E-state index contributed by atoms with van der Waals surface area (Å²) >= 11 is 0. The van der Waals surface area contributed by atoms with E-state index < -0.39 is 0 Å². The molecule has 1 fully saturated rings. The second-order valence-electron chi connectivity index (χ2n) is 8.18. The Bertz CT molecular complexity index is 1080. The van der Waals surface area contributed by atoms with E-state index in [1.54, 1.807) is 0 Å². The lowest BCUT2D eigenvalue weighted by atomic mass is 9.97. The summed E-state index contributed by atoms with van der Waals surface area (Å²) in [7, 11) is 0. The van der Waals surface area contributed by atoms with Crippen LogP contribution < -0.4 is 10.6 Å². The first-order valence-electron chi connectivity index (χ1n) is 10.0. The highest BCUT2D eigenvalue weighted by molar-refractivity contribution is 6.14. The maximum absolute atomic E-state index is 13.7. The zero-order valence-corrected chi connectivity index (χ0v) is 16.2. The van der Waals surface area contributed by atoms with Crippen LogP contribution in [0.5, 0.6) is 0 Å². The molecule has 6 heteroatoms. The number of aromatic nitrogens is 2. The van der Waals surface area contributed by atoms with Crippen molar-refractivity contribution in [1.29, 1.82) is 0 Å². The minimum Gasteiger partial charge on any atom is -0.398 e. The summed E-state index contributed by atoms with van der Waals surface area (Å²) in [6.07, 6.45) is 4.02. The number of anilines is 2. The third-order valence-corrected chi connectivity index (χ3v) is 5.80. The van der Waals surface area contributed by atoms with E-state index in [2.05, 4.69) is 24.0 Å². The zero-order valence-electron chi connectivity index (χ0n) is 16.2. The summed E-state index contributed by atoms with van der Waals surface area (Å²) in [4.78, 5) is 20.3. The summed E-state index contributed by atoms with van der Waals surface area (Å²) < 4.78 is 5.54. The molecule has 3 heterocycles. The molecule has 0 radical (unpaired) electrons. The summed E-state index contributed by atoms with van der Waals surface area (Å²) in [5.41, 5.74) is 11.7. The maximum atomic E-state index is 13.7. The summed E-state index contributed by atoms with van der Waals surface area (Å²) in [6, 6.07) is 7.77. The van der Waals surface area contributed by atoms with Crippen LogP contribution in [0.2, 0.25) is 0 Å². The van der Waals surface area contributed by atoms with Gasteiger partial charge in [-0.2, -0.15) is 0 Å². The molecule has 2 aromatic heterocycles. The van der Waals surface area contributed by atoms with Gasteiger partial charge in [-0.15, -0.1) is 0 Å². The van der Waals surface area contributed by atoms with Gasteiger partial charge in [0.1, 0.15) is 0 Å². The van der Waals surface area contributed by atoms with Crippen molar-refractivity contribution in [2.24, 2.45) is 0 Å². The molecule has 6 nitrogen and oxygen atoms in total. The lowest BCUT2D eigenvalue weighted by Gasteiger charge is -2.30. The van der Waals surface area contributed by atoms with Crippen molar-refractivity contribution < 1.29 is 9.32 Å². The van der Waals surface area contributed by atoms with Crippen LogP contribution in [0.25, 0.3) is 11.1 Å². The molecule has 1 aromatic carbocycles. The number of hydrogen-bond acceptors (Lipinski definition) is 5. The summed E-state index contributed by atoms with van der Waals surface area (Å²) in [5, 5.41) is 4.98. The number of rotatable bonds is 3. The Kier molecular flexibility index (Phi) is 3.89. The number of benzene rings is 1. The molecule has 3 aromatic rings. The van der Waals surface area contributed by atoms with Gasteiger partial charge in [-0.1, -0.05) is 25.1 Å². The van der Waals surface area contributed by atoms with Crippen LogP contribution >= 0.6 is 0 Å². The number of nitrogens with two attached hydrogens (primary N) is 1. The zero-order chi connectivity index (χ0) is 19.4. The number of amides is 1. The molecule has 2 N–H and O–H groups in total. The van der Waals surface area contributed by atoms with E-state index in [4.69, 9.17) is 10.3 Å². The van der Waals surface area contributed by atoms with Gasteiger partial charge in [0.25, 0.3) is 11.6 Å². The average molecular weight is 376 g/mol. The maximum Gasteiger partial charge on any atom is 0.259 e. The molecule has 0 unspecified atom stereocenters. The van der Waals surface area contributed by atoms with Crippen LogP contribution in [-0.2, 0) is 6.42 Å². The molecule has 0 spiro atoms. The predicted molar refractivity (Wildman–Crippen MR) is 109 cm³/mol. The van der Waals surface area contributed by atoms with E-state index in [1.807, 2.05) is 29.2 Å². The minimum absolute atomic E-state index is 0.0223. The van der Waals surface area contributed by atoms with Crippen molar-refractivity contribution in [3.63, 3.8) is 0 Å². The van der Waals surface area contributed by atoms with Crippen LogP contribution in [0.1, 0.15) is 72.3 Å². The molecule has 1 saturated carbocycles. The van der Waals surface area contributed by atoms with Crippen molar-refractivity contribution in [3.05, 3.63) is 46.8 Å². The average Bonchev–Trinajstić information content (AvgIpc) is 3.45. The molecule has 1 aliphatic carbocycles. The number of fused-ring (bicyclic) bond motifs is 2. The van der Waals surface area contributed by atoms with Gasteiger partial charge in [0.05, 0.1) is 16.6 Å². The highest BCUT2D eigenvalue weighted by Crippen LogP contribution is 2.41. The first-order chi connectivity index (χ1) is 13.5. The van der Waals surface area contributed by atoms with Gasteiger partial charge in [0, 0.05) is 29.5 Å². The number of nitrogen functional groups attached to an aromatic ring is 1. The van der Waals surface area contributed by atoms with E-state index in [9.17, 15) is 4.79 Å². The number of carbonyl (C=O) groups is 1. The predicted octanol–water partition coefficient (Wildman–Crippen LogP) is 4.40. The van der Waals surface area contributed by atoms with Crippen molar-refractivity contribution in [2.75, 3.05) is 17.2 Å². The van der Waals surface area contributed by atoms with E-state index in [0.717, 1.165) is 59.4 Å². The Hall–Kier alpha value is -2.89. The molecular formula is C22H24N4O2. The SMILES string of the molecule is CC(C)c1noc2nc(C3CC3)cc(C(=O)N3CCCc4c(N)cccc43)c12. The van der Waals surface area contributed by atoms with Gasteiger partial charge in [0.2, 0.25) is 0 Å². The summed E-state index contributed by atoms with van der Waals surface area (Å²) in [6.45, 7) is 4.79. The molecule has 0 bridgehead atoms. The number of nitrogens with zero attached hydrogens (tertiary/aromatic N) is 3. The van der Waals surface area contributed by atoms with Crippen LogP contribution in [-0.4, -0.2) is 22.6 Å². The first kappa shape index (κ1) is 17.2. The molecule has 1 amide bonds. The van der Waals surface area contributed by atoms with Gasteiger partial charge >= 0.3 is 0 Å². The number of carbonyl (C=O) groups excluding carboxylic acids is 1. The fourth-order valence-electron chi connectivity index (χ4n) is 4.15. The topological polar surface area (TPSA) is 85.2 Å². The van der Waals surface area contributed by atoms with Crippen molar-refractivity contribution >= 4 is 28.4 Å². The minimum atomic E-state index is -0.0223. The van der Waals surface area contributed by atoms with Crippen LogP contribution in [0, 0.1) is 0 Å². The monoisotopic (exact) mass is 376 g/mol. The second kappa shape index (κ2) is 6.33. The smallest absolute Gasteiger partial charge is 0.259 e. The largest absolute Gasteiger partial charge is 0.398 e. The Morgan fingerprint density at radius 1 is 1.32 bits per heavy atom. The van der Waals surface area contributed by atoms with Gasteiger partial charge in [-0.3, -0.25) is 4.79 Å². The molecule has 1 aliphatic heterocycles. The van der Waals surface area contributed by atoms with Crippen LogP contribution in [0.4, 0.5) is 11.4 Å². The van der Waals surface area contributed by atoms with E-state index in [0.29, 0.717) is 23.7 Å². The molecule has 0 saturated heterocycles. The van der Waals surface area contributed by atoms with Crippen molar-refractivity contribution in [3.8, 4) is 0 Å². The van der Waals surface area contributed by atoms with Gasteiger partial charge in [-0.25, -0.2) is 4.98 Å². The third kappa shape index (κ3) is 2.66. The molecule has 28 heavy (non-hydrogen) atoms. The quantitative estimate of drug-likeness (QED) is 0.685. The standard InChI is InChI=1S/C22H24N4O2/c1-12(2)20-19-15(11-17(13-8-9-13)24-21(19)28-25-20)22(27)26-10-4-5-14-16(23)6-3-7-18(14)26/h3,6-7,11-13H,4-5,8-10,23H2,1-2H3. The Morgan fingerprint density at radius 3 is 2.89 bits per heavy atom. The normalized spacial score (nSPS) is 16.6. The second-order valence-corrected chi connectivity index (χ2v) is 8.18. The molecule has 2 aliphatic rings. The molecular weight excluding hydrogens is 352 g/mol. The number of hydrogen-bond donors (Lipinski definition) is 1. The van der Waals surface area contributed by atoms with E-state index in [-0.39, 0.29) is 11.8 Å². The lowest BCUT2D eigenvalue weighted by molar-refractivity contribution is 0.0986. The van der Waals surface area contributed by atoms with Gasteiger partial charge in [0.15, 0.2) is 0 Å². The van der Waals surface area contributed by atoms with Crippen molar-refractivity contribution in [1.82, 2.24) is 10.1 Å². The van der Waals surface area contributed by atoms with Crippen LogP contribution in [0.15, 0.2) is 28.8 Å². The fourth-order valence-corrected chi connectivity index (χ4v) is 4.15. The van der Waals surface area contributed by atoms with Gasteiger partial charge < -0.3 is 15.2 Å². The Morgan fingerprint density at radius 2 is 2.14 bits per heavy atom. The third-order valence-electron chi connectivity index (χ3n) is 5.80.